The Bertz CT molecular complexity index is 578. The van der Waals surface area contributed by atoms with Crippen molar-refractivity contribution in [2.24, 2.45) is 33.7 Å². The quantitative estimate of drug-likeness (QED) is 0.411. The van der Waals surface area contributed by atoms with Crippen LogP contribution < -0.4 is 0 Å². The molecule has 0 aromatic carbocycles. The van der Waals surface area contributed by atoms with Gasteiger partial charge in [-0.05, 0) is 68.1 Å². The standard InChI is InChI=1S/C19H27NO2/c1-18-9-4-3-5-12(18)6-7-13-14(18)8-10-19(2)15(13)11-16(20-22)17(19)21/h5,13-15,22H,3-4,6-11H2,1-2H3. The second-order valence-corrected chi connectivity index (χ2v) is 8.49. The number of fused-ring (bicyclic) bond motifs is 5. The third-order valence-electron chi connectivity index (χ3n) is 7.73. The lowest BCUT2D eigenvalue weighted by Crippen LogP contribution is -2.50. The van der Waals surface area contributed by atoms with Crippen molar-refractivity contribution in [1.82, 2.24) is 0 Å². The van der Waals surface area contributed by atoms with Crippen molar-refractivity contribution in [3.8, 4) is 0 Å². The number of nitrogens with zero attached hydrogens (tertiary/aromatic N) is 1. The van der Waals surface area contributed by atoms with Crippen LogP contribution in [0.5, 0.6) is 0 Å². The normalized spacial score (nSPS) is 49.4. The molecule has 4 aliphatic carbocycles. The van der Waals surface area contributed by atoms with Crippen LogP contribution in [-0.4, -0.2) is 16.7 Å². The van der Waals surface area contributed by atoms with Gasteiger partial charge in [0.2, 0.25) is 0 Å². The predicted molar refractivity (Wildman–Crippen MR) is 85.9 cm³/mol. The maximum atomic E-state index is 12.6. The molecule has 1 N–H and O–H groups in total. The summed E-state index contributed by atoms with van der Waals surface area (Å²) in [6, 6.07) is 0. The molecule has 0 saturated heterocycles. The Morgan fingerprint density at radius 3 is 2.77 bits per heavy atom. The summed E-state index contributed by atoms with van der Waals surface area (Å²) in [7, 11) is 0. The Morgan fingerprint density at radius 1 is 1.18 bits per heavy atom. The average molecular weight is 301 g/mol. The van der Waals surface area contributed by atoms with Gasteiger partial charge in [-0.25, -0.2) is 0 Å². The third kappa shape index (κ3) is 1.68. The minimum absolute atomic E-state index is 0.119. The van der Waals surface area contributed by atoms with Gasteiger partial charge < -0.3 is 5.21 Å². The Labute approximate surface area is 132 Å². The first-order chi connectivity index (χ1) is 10.5. The van der Waals surface area contributed by atoms with Crippen molar-refractivity contribution < 1.29 is 10.0 Å². The summed E-state index contributed by atoms with van der Waals surface area (Å²) in [6.07, 6.45) is 11.7. The van der Waals surface area contributed by atoms with Crippen molar-refractivity contribution in [2.45, 2.75) is 65.2 Å². The third-order valence-corrected chi connectivity index (χ3v) is 7.73. The van der Waals surface area contributed by atoms with Crippen molar-refractivity contribution in [2.75, 3.05) is 0 Å². The average Bonchev–Trinajstić information content (AvgIpc) is 2.78. The molecule has 22 heavy (non-hydrogen) atoms. The van der Waals surface area contributed by atoms with Crippen LogP contribution in [0, 0.1) is 28.6 Å². The largest absolute Gasteiger partial charge is 0.411 e. The molecule has 0 bridgehead atoms. The SMILES string of the molecule is CC12CCC3C(CCC4=CCCCC43C)C1CC(=NO)C2=O. The van der Waals surface area contributed by atoms with Crippen molar-refractivity contribution >= 4 is 11.5 Å². The first-order valence-electron chi connectivity index (χ1n) is 8.96. The summed E-state index contributed by atoms with van der Waals surface area (Å²) in [5, 5.41) is 12.5. The highest BCUT2D eigenvalue weighted by atomic mass is 16.4. The minimum Gasteiger partial charge on any atom is -0.411 e. The second-order valence-electron chi connectivity index (χ2n) is 8.49. The molecule has 0 radical (unpaired) electrons. The highest BCUT2D eigenvalue weighted by Gasteiger charge is 2.60. The van der Waals surface area contributed by atoms with E-state index in [0.29, 0.717) is 29.4 Å². The number of hydrogen-bond donors (Lipinski definition) is 1. The van der Waals surface area contributed by atoms with E-state index in [1.54, 1.807) is 5.57 Å². The summed E-state index contributed by atoms with van der Waals surface area (Å²) in [4.78, 5) is 12.6. The molecule has 4 rings (SSSR count). The van der Waals surface area contributed by atoms with E-state index in [1.807, 2.05) is 0 Å². The Balaban J connectivity index is 1.71. The zero-order chi connectivity index (χ0) is 15.5. The predicted octanol–water partition coefficient (Wildman–Crippen LogP) is 4.35. The highest BCUT2D eigenvalue weighted by molar-refractivity contribution is 6.43. The fraction of sp³-hybridized carbons (Fsp3) is 0.789. The van der Waals surface area contributed by atoms with Crippen LogP contribution in [0.1, 0.15) is 65.2 Å². The zero-order valence-corrected chi connectivity index (χ0v) is 13.8. The van der Waals surface area contributed by atoms with Gasteiger partial charge in [-0.2, -0.15) is 0 Å². The van der Waals surface area contributed by atoms with Gasteiger partial charge in [0, 0.05) is 11.8 Å². The maximum Gasteiger partial charge on any atom is 0.186 e. The molecule has 0 amide bonds. The molecule has 0 aliphatic heterocycles. The summed E-state index contributed by atoms with van der Waals surface area (Å²) >= 11 is 0. The van der Waals surface area contributed by atoms with Crippen LogP contribution in [0.3, 0.4) is 0 Å². The van der Waals surface area contributed by atoms with E-state index < -0.39 is 0 Å². The lowest BCUT2D eigenvalue weighted by Gasteiger charge is -2.56. The summed E-state index contributed by atoms with van der Waals surface area (Å²) in [5.74, 6) is 1.86. The van der Waals surface area contributed by atoms with Crippen LogP contribution in [0.25, 0.3) is 0 Å². The highest BCUT2D eigenvalue weighted by Crippen LogP contribution is 2.64. The van der Waals surface area contributed by atoms with E-state index in [-0.39, 0.29) is 11.2 Å². The Hall–Kier alpha value is -1.12. The van der Waals surface area contributed by atoms with Gasteiger partial charge in [-0.15, -0.1) is 0 Å². The molecule has 0 spiro atoms. The molecule has 3 saturated carbocycles. The molecule has 5 atom stereocenters. The second kappa shape index (κ2) is 4.69. The molecule has 0 aromatic rings. The molecule has 3 fully saturated rings. The maximum absolute atomic E-state index is 12.6. The Morgan fingerprint density at radius 2 is 2.00 bits per heavy atom. The van der Waals surface area contributed by atoms with E-state index in [4.69, 9.17) is 0 Å². The van der Waals surface area contributed by atoms with Gasteiger partial charge in [-0.1, -0.05) is 30.7 Å². The van der Waals surface area contributed by atoms with E-state index in [9.17, 15) is 10.0 Å². The lowest BCUT2D eigenvalue weighted by molar-refractivity contribution is -0.129. The van der Waals surface area contributed by atoms with Gasteiger partial charge in [-0.3, -0.25) is 4.79 Å². The van der Waals surface area contributed by atoms with Gasteiger partial charge in [0.05, 0.1) is 0 Å². The van der Waals surface area contributed by atoms with E-state index in [0.717, 1.165) is 18.8 Å². The van der Waals surface area contributed by atoms with Gasteiger partial charge in [0.25, 0.3) is 0 Å². The molecule has 4 aliphatic rings. The number of oxime groups is 1. The van der Waals surface area contributed by atoms with Gasteiger partial charge in [0.1, 0.15) is 5.71 Å². The zero-order valence-electron chi connectivity index (χ0n) is 13.8. The first-order valence-corrected chi connectivity index (χ1v) is 8.96. The first kappa shape index (κ1) is 14.5. The van der Waals surface area contributed by atoms with E-state index in [1.165, 1.54) is 32.1 Å². The number of allylic oxidation sites excluding steroid dienone is 2. The number of hydrogen-bond acceptors (Lipinski definition) is 3. The van der Waals surface area contributed by atoms with Crippen molar-refractivity contribution in [1.29, 1.82) is 0 Å². The van der Waals surface area contributed by atoms with Crippen LogP contribution in [0.4, 0.5) is 0 Å². The summed E-state index contributed by atoms with van der Waals surface area (Å²) in [6.45, 7) is 4.61. The molecular weight excluding hydrogens is 274 g/mol. The molecular formula is C19H27NO2. The number of Topliss-reactive ketones (excluding diaryl/α,β-unsaturated/α-hetero) is 1. The van der Waals surface area contributed by atoms with Crippen LogP contribution in [0.2, 0.25) is 0 Å². The Kier molecular flexibility index (Phi) is 3.08. The fourth-order valence-electron chi connectivity index (χ4n) is 6.45. The van der Waals surface area contributed by atoms with E-state index >= 15 is 0 Å². The fourth-order valence-corrected chi connectivity index (χ4v) is 6.45. The van der Waals surface area contributed by atoms with Crippen LogP contribution in [-0.2, 0) is 4.79 Å². The molecule has 3 heteroatoms. The van der Waals surface area contributed by atoms with Crippen LogP contribution in [0.15, 0.2) is 16.8 Å². The lowest BCUT2D eigenvalue weighted by atomic mass is 9.47. The summed E-state index contributed by atoms with van der Waals surface area (Å²) in [5.41, 5.74) is 2.23. The van der Waals surface area contributed by atoms with Gasteiger partial charge >= 0.3 is 0 Å². The summed E-state index contributed by atoms with van der Waals surface area (Å²) < 4.78 is 0. The molecule has 120 valence electrons. The smallest absolute Gasteiger partial charge is 0.186 e. The molecule has 5 unspecified atom stereocenters. The molecule has 3 nitrogen and oxygen atoms in total. The number of carbonyl (C=O) groups excluding carboxylic acids is 1. The number of carbonyl (C=O) groups is 1. The number of rotatable bonds is 0. The van der Waals surface area contributed by atoms with Crippen molar-refractivity contribution in [3.63, 3.8) is 0 Å². The molecule has 0 aromatic heterocycles. The minimum atomic E-state index is -0.269. The monoisotopic (exact) mass is 301 g/mol. The van der Waals surface area contributed by atoms with Crippen LogP contribution >= 0.6 is 0 Å². The molecule has 0 heterocycles. The topological polar surface area (TPSA) is 49.7 Å². The van der Waals surface area contributed by atoms with Crippen molar-refractivity contribution in [3.05, 3.63) is 11.6 Å². The number of ketones is 1. The van der Waals surface area contributed by atoms with E-state index in [2.05, 4.69) is 25.1 Å². The van der Waals surface area contributed by atoms with Gasteiger partial charge in [0.15, 0.2) is 5.78 Å².